The zero-order chi connectivity index (χ0) is 12.0. The van der Waals surface area contributed by atoms with Gasteiger partial charge in [0.2, 0.25) is 0 Å². The molecule has 17 heavy (non-hydrogen) atoms. The van der Waals surface area contributed by atoms with Gasteiger partial charge in [-0.2, -0.15) is 0 Å². The summed E-state index contributed by atoms with van der Waals surface area (Å²) in [5, 5.41) is 0. The van der Waals surface area contributed by atoms with Gasteiger partial charge in [0.15, 0.2) is 0 Å². The summed E-state index contributed by atoms with van der Waals surface area (Å²) in [7, 11) is 0. The fraction of sp³-hybridized carbons (Fsp3) is 0.571. The minimum atomic E-state index is 0.000244. The molecule has 1 aromatic rings. The second-order valence-electron chi connectivity index (χ2n) is 5.29. The van der Waals surface area contributed by atoms with E-state index in [0.717, 1.165) is 34.5 Å². The monoisotopic (exact) mass is 295 g/mol. The summed E-state index contributed by atoms with van der Waals surface area (Å²) in [5.74, 6) is 1.70. The van der Waals surface area contributed by atoms with E-state index in [1.165, 1.54) is 12.8 Å². The van der Waals surface area contributed by atoms with Crippen LogP contribution >= 0.6 is 15.9 Å². The van der Waals surface area contributed by atoms with E-state index in [1.54, 1.807) is 0 Å². The summed E-state index contributed by atoms with van der Waals surface area (Å²) in [4.78, 5) is 0. The first-order valence-corrected chi connectivity index (χ1v) is 7.18. The van der Waals surface area contributed by atoms with Gasteiger partial charge >= 0.3 is 0 Å². The summed E-state index contributed by atoms with van der Waals surface area (Å²) >= 11 is 3.49. The van der Waals surface area contributed by atoms with Crippen molar-refractivity contribution in [3.8, 4) is 5.75 Å². The number of ether oxygens (including phenoxy) is 1. The van der Waals surface area contributed by atoms with Crippen LogP contribution in [0, 0.1) is 5.92 Å². The zero-order valence-electron chi connectivity index (χ0n) is 10.1. The van der Waals surface area contributed by atoms with E-state index in [-0.39, 0.29) is 11.6 Å². The fourth-order valence-corrected chi connectivity index (χ4v) is 3.39. The molecule has 1 unspecified atom stereocenters. The van der Waals surface area contributed by atoms with Crippen LogP contribution in [-0.2, 0) is 0 Å². The Bertz CT molecular complexity index is 444. The van der Waals surface area contributed by atoms with E-state index in [0.29, 0.717) is 0 Å². The minimum Gasteiger partial charge on any atom is -0.487 e. The van der Waals surface area contributed by atoms with Crippen molar-refractivity contribution in [2.24, 2.45) is 11.7 Å². The Morgan fingerprint density at radius 2 is 2.24 bits per heavy atom. The van der Waals surface area contributed by atoms with Gasteiger partial charge in [-0.1, -0.05) is 22.9 Å². The molecule has 1 aliphatic carbocycles. The third-order valence-corrected chi connectivity index (χ3v) is 4.66. The van der Waals surface area contributed by atoms with Crippen LogP contribution < -0.4 is 10.5 Å². The number of nitrogens with two attached hydrogens (primary N) is 1. The molecule has 2 atom stereocenters. The number of benzene rings is 1. The number of hydrogen-bond donors (Lipinski definition) is 1. The predicted molar refractivity (Wildman–Crippen MR) is 72.1 cm³/mol. The summed E-state index contributed by atoms with van der Waals surface area (Å²) in [6.07, 6.45) is 4.61. The molecule has 0 saturated heterocycles. The minimum absolute atomic E-state index is 0.000244. The average molecular weight is 296 g/mol. The van der Waals surface area contributed by atoms with E-state index >= 15 is 0 Å². The third-order valence-electron chi connectivity index (χ3n) is 4.17. The molecule has 2 nitrogen and oxygen atoms in total. The first kappa shape index (κ1) is 11.5. The third kappa shape index (κ3) is 1.89. The first-order valence-electron chi connectivity index (χ1n) is 6.38. The van der Waals surface area contributed by atoms with Gasteiger partial charge < -0.3 is 10.5 Å². The maximum atomic E-state index is 6.33. The molecule has 1 heterocycles. The second kappa shape index (κ2) is 3.99. The Morgan fingerprint density at radius 3 is 2.88 bits per heavy atom. The van der Waals surface area contributed by atoms with Crippen molar-refractivity contribution in [3.05, 3.63) is 28.2 Å². The maximum absolute atomic E-state index is 6.33. The van der Waals surface area contributed by atoms with Crippen LogP contribution in [0.5, 0.6) is 5.75 Å². The van der Waals surface area contributed by atoms with Crippen molar-refractivity contribution < 1.29 is 4.74 Å². The van der Waals surface area contributed by atoms with Crippen molar-refractivity contribution in [1.29, 1.82) is 0 Å². The number of halogens is 1. The van der Waals surface area contributed by atoms with E-state index < -0.39 is 0 Å². The molecular formula is C14H18BrNO. The van der Waals surface area contributed by atoms with Crippen LogP contribution in [0.15, 0.2) is 22.7 Å². The molecule has 1 fully saturated rings. The maximum Gasteiger partial charge on any atom is 0.125 e. The van der Waals surface area contributed by atoms with Gasteiger partial charge in [0.05, 0.1) is 0 Å². The molecule has 1 aromatic carbocycles. The van der Waals surface area contributed by atoms with Crippen LogP contribution in [-0.4, -0.2) is 5.60 Å². The van der Waals surface area contributed by atoms with Crippen LogP contribution in [0.25, 0.3) is 0 Å². The summed E-state index contributed by atoms with van der Waals surface area (Å²) in [6, 6.07) is 6.28. The van der Waals surface area contributed by atoms with Crippen LogP contribution in [0.2, 0.25) is 0 Å². The highest BCUT2D eigenvalue weighted by Gasteiger charge is 2.49. The van der Waals surface area contributed by atoms with Crippen LogP contribution in [0.1, 0.15) is 44.2 Å². The zero-order valence-corrected chi connectivity index (χ0v) is 11.7. The van der Waals surface area contributed by atoms with Gasteiger partial charge in [0, 0.05) is 22.5 Å². The topological polar surface area (TPSA) is 35.2 Å². The quantitative estimate of drug-likeness (QED) is 0.901. The molecule has 2 N–H and O–H groups in total. The molecule has 1 saturated carbocycles. The summed E-state index contributed by atoms with van der Waals surface area (Å²) < 4.78 is 7.39. The van der Waals surface area contributed by atoms with E-state index in [2.05, 4.69) is 28.9 Å². The normalized spacial score (nSPS) is 31.8. The van der Waals surface area contributed by atoms with Crippen molar-refractivity contribution in [2.45, 2.75) is 44.2 Å². The molecule has 1 aliphatic heterocycles. The molecule has 0 amide bonds. The lowest BCUT2D eigenvalue weighted by Crippen LogP contribution is -2.44. The van der Waals surface area contributed by atoms with Crippen LogP contribution in [0.4, 0.5) is 0 Å². The Labute approximate surface area is 111 Å². The highest BCUT2D eigenvalue weighted by molar-refractivity contribution is 9.10. The van der Waals surface area contributed by atoms with Gasteiger partial charge in [-0.05, 0) is 43.4 Å². The molecule has 3 rings (SSSR count). The molecule has 0 spiro atoms. The van der Waals surface area contributed by atoms with Crippen molar-refractivity contribution >= 4 is 15.9 Å². The Hall–Kier alpha value is -0.540. The molecule has 2 aliphatic rings. The van der Waals surface area contributed by atoms with Crippen molar-refractivity contribution in [2.75, 3.05) is 0 Å². The molecule has 0 bridgehead atoms. The Kier molecular flexibility index (Phi) is 2.71. The Morgan fingerprint density at radius 1 is 1.47 bits per heavy atom. The van der Waals surface area contributed by atoms with E-state index in [9.17, 15) is 0 Å². The molecule has 3 heteroatoms. The van der Waals surface area contributed by atoms with Gasteiger partial charge in [-0.15, -0.1) is 0 Å². The lowest BCUT2D eigenvalue weighted by Gasteiger charge is -2.41. The molecule has 0 aromatic heterocycles. The lowest BCUT2D eigenvalue weighted by atomic mass is 9.82. The predicted octanol–water partition coefficient (Wildman–Crippen LogP) is 3.79. The van der Waals surface area contributed by atoms with Crippen LogP contribution in [0.3, 0.4) is 0 Å². The van der Waals surface area contributed by atoms with Gasteiger partial charge in [0.1, 0.15) is 11.4 Å². The van der Waals surface area contributed by atoms with Crippen molar-refractivity contribution in [1.82, 2.24) is 0 Å². The van der Waals surface area contributed by atoms with Gasteiger partial charge in [-0.25, -0.2) is 0 Å². The first-order chi connectivity index (χ1) is 8.14. The lowest BCUT2D eigenvalue weighted by molar-refractivity contribution is 0.0107. The largest absolute Gasteiger partial charge is 0.487 e. The highest BCUT2D eigenvalue weighted by atomic mass is 79.9. The number of rotatable bonds is 2. The van der Waals surface area contributed by atoms with E-state index in [1.807, 2.05) is 12.1 Å². The van der Waals surface area contributed by atoms with Gasteiger partial charge in [0.25, 0.3) is 0 Å². The molecule has 0 radical (unpaired) electrons. The number of fused-ring (bicyclic) bond motifs is 1. The Balaban J connectivity index is 1.99. The standard InChI is InChI=1S/C14H18BrNO/c1-2-14(9-3-4-9)8-12(16)11-7-10(15)5-6-13(11)17-14/h5-7,9,12H,2-4,8,16H2,1H3/t12-,14?/m0/s1. The highest BCUT2D eigenvalue weighted by Crippen LogP contribution is 2.51. The molecular weight excluding hydrogens is 278 g/mol. The summed E-state index contributed by atoms with van der Waals surface area (Å²) in [6.45, 7) is 2.22. The smallest absolute Gasteiger partial charge is 0.125 e. The second-order valence-corrected chi connectivity index (χ2v) is 6.20. The fourth-order valence-electron chi connectivity index (χ4n) is 3.01. The van der Waals surface area contributed by atoms with Crippen molar-refractivity contribution in [3.63, 3.8) is 0 Å². The van der Waals surface area contributed by atoms with E-state index in [4.69, 9.17) is 10.5 Å². The summed E-state index contributed by atoms with van der Waals surface area (Å²) in [5.41, 5.74) is 7.47. The molecule has 92 valence electrons. The average Bonchev–Trinajstić information content (AvgIpc) is 3.14. The van der Waals surface area contributed by atoms with Gasteiger partial charge in [-0.3, -0.25) is 0 Å². The number of hydrogen-bond acceptors (Lipinski definition) is 2. The SMILES string of the molecule is CCC1(C2CC2)C[C@H](N)c2cc(Br)ccc2O1.